The van der Waals surface area contributed by atoms with E-state index in [0.29, 0.717) is 10.8 Å². The molecule has 178 valence electrons. The zero-order valence-electron chi connectivity index (χ0n) is 19.3. The van der Waals surface area contributed by atoms with Crippen molar-refractivity contribution in [2.75, 3.05) is 15.9 Å². The Bertz CT molecular complexity index is 1450. The van der Waals surface area contributed by atoms with Crippen LogP contribution in [0.5, 0.6) is 0 Å². The molecule has 0 radical (unpaired) electrons. The summed E-state index contributed by atoms with van der Waals surface area (Å²) < 4.78 is 27.9. The summed E-state index contributed by atoms with van der Waals surface area (Å²) in [5.41, 5.74) is 5.53. The van der Waals surface area contributed by atoms with Gasteiger partial charge in [-0.3, -0.25) is 9.71 Å². The number of aromatic nitrogens is 2. The van der Waals surface area contributed by atoms with Crippen molar-refractivity contribution in [1.82, 2.24) is 14.9 Å². The first-order valence-corrected chi connectivity index (χ1v) is 13.4. The Balaban J connectivity index is 1.60. The molecule has 2 atom stereocenters. The van der Waals surface area contributed by atoms with Crippen molar-refractivity contribution >= 4 is 38.7 Å². The first-order chi connectivity index (χ1) is 16.8. The molecule has 0 saturated carbocycles. The summed E-state index contributed by atoms with van der Waals surface area (Å²) in [6, 6.07) is 25.2. The minimum atomic E-state index is -3.36. The van der Waals surface area contributed by atoms with Crippen LogP contribution >= 0.6 is 12.2 Å². The van der Waals surface area contributed by atoms with Crippen molar-refractivity contribution < 1.29 is 8.42 Å². The van der Waals surface area contributed by atoms with Gasteiger partial charge in [-0.15, -0.1) is 0 Å². The van der Waals surface area contributed by atoms with E-state index in [-0.39, 0.29) is 12.1 Å². The molecule has 35 heavy (non-hydrogen) atoms. The van der Waals surface area contributed by atoms with E-state index in [1.165, 1.54) is 5.56 Å². The largest absolute Gasteiger partial charge is 0.351 e. The van der Waals surface area contributed by atoms with Gasteiger partial charge in [-0.25, -0.2) is 8.42 Å². The molecule has 1 aliphatic heterocycles. The van der Waals surface area contributed by atoms with Gasteiger partial charge in [0.05, 0.1) is 18.0 Å². The number of sulfonamides is 1. The molecule has 2 aromatic carbocycles. The fourth-order valence-electron chi connectivity index (χ4n) is 4.41. The number of benzene rings is 2. The van der Waals surface area contributed by atoms with Gasteiger partial charge >= 0.3 is 0 Å². The lowest BCUT2D eigenvalue weighted by atomic mass is 10.0. The number of pyridine rings is 1. The molecule has 1 saturated heterocycles. The van der Waals surface area contributed by atoms with Crippen LogP contribution in [0.4, 0.5) is 11.4 Å². The summed E-state index contributed by atoms with van der Waals surface area (Å²) in [6.07, 6.45) is 4.96. The summed E-state index contributed by atoms with van der Waals surface area (Å²) in [6.45, 7) is 2.07. The molecule has 1 fully saturated rings. The SMILES string of the molecule is Cc1ccc(-n2cccc2[C@H]2[C@H](c3ccccn3)NC(=S)N2c2ccc(NS(C)(=O)=O)cc2)cc1. The van der Waals surface area contributed by atoms with E-state index in [1.54, 1.807) is 18.3 Å². The smallest absolute Gasteiger partial charge is 0.229 e. The molecular formula is C26H25N5O2S2. The normalized spacial score (nSPS) is 17.9. The molecule has 0 unspecified atom stereocenters. The van der Waals surface area contributed by atoms with Crippen molar-refractivity contribution in [3.63, 3.8) is 0 Å². The number of aryl methyl sites for hydroxylation is 1. The fourth-order valence-corrected chi connectivity index (χ4v) is 5.32. The van der Waals surface area contributed by atoms with E-state index in [9.17, 15) is 8.42 Å². The van der Waals surface area contributed by atoms with Gasteiger partial charge in [-0.2, -0.15) is 0 Å². The first-order valence-electron chi connectivity index (χ1n) is 11.1. The van der Waals surface area contributed by atoms with Gasteiger partial charge < -0.3 is 14.8 Å². The van der Waals surface area contributed by atoms with Crippen LogP contribution in [0, 0.1) is 6.92 Å². The van der Waals surface area contributed by atoms with Crippen LogP contribution in [0.2, 0.25) is 0 Å². The minimum Gasteiger partial charge on any atom is -0.351 e. The van der Waals surface area contributed by atoms with E-state index in [1.807, 2.05) is 42.6 Å². The predicted molar refractivity (Wildman–Crippen MR) is 143 cm³/mol. The third-order valence-electron chi connectivity index (χ3n) is 5.94. The zero-order valence-corrected chi connectivity index (χ0v) is 20.9. The van der Waals surface area contributed by atoms with Crippen molar-refractivity contribution in [2.45, 2.75) is 19.0 Å². The lowest BCUT2D eigenvalue weighted by Crippen LogP contribution is -2.30. The van der Waals surface area contributed by atoms with Gasteiger partial charge in [0.1, 0.15) is 6.04 Å². The number of hydrogen-bond acceptors (Lipinski definition) is 4. The van der Waals surface area contributed by atoms with Gasteiger partial charge in [0.15, 0.2) is 5.11 Å². The van der Waals surface area contributed by atoms with Crippen molar-refractivity contribution in [3.05, 3.63) is 108 Å². The van der Waals surface area contributed by atoms with Gasteiger partial charge in [0.2, 0.25) is 10.0 Å². The number of hydrogen-bond donors (Lipinski definition) is 2. The summed E-state index contributed by atoms with van der Waals surface area (Å²) in [7, 11) is -3.36. The molecule has 5 rings (SSSR count). The molecule has 2 N–H and O–H groups in total. The zero-order chi connectivity index (χ0) is 24.6. The monoisotopic (exact) mass is 503 g/mol. The number of thiocarbonyl (C=S) groups is 1. The van der Waals surface area contributed by atoms with Crippen LogP contribution < -0.4 is 14.9 Å². The standard InChI is InChI=1S/C26H25N5O2S2/c1-18-8-12-20(13-9-18)30-17-5-7-23(30)25-24(22-6-3-4-16-27-22)28-26(34)31(25)21-14-10-19(11-15-21)29-35(2,32)33/h3-17,24-25,29H,1-2H3,(H,28,34)/t24-,25-/m0/s1. The highest BCUT2D eigenvalue weighted by atomic mass is 32.2. The Morgan fingerprint density at radius 2 is 1.66 bits per heavy atom. The number of rotatable bonds is 6. The van der Waals surface area contributed by atoms with E-state index in [2.05, 4.69) is 61.7 Å². The molecular weight excluding hydrogens is 478 g/mol. The highest BCUT2D eigenvalue weighted by molar-refractivity contribution is 7.92. The summed E-state index contributed by atoms with van der Waals surface area (Å²) >= 11 is 5.81. The van der Waals surface area contributed by atoms with Crippen LogP contribution in [-0.2, 0) is 10.0 Å². The molecule has 0 amide bonds. The Kier molecular flexibility index (Phi) is 6.04. The molecule has 9 heteroatoms. The highest BCUT2D eigenvalue weighted by Gasteiger charge is 2.42. The van der Waals surface area contributed by atoms with Gasteiger partial charge in [0.25, 0.3) is 0 Å². The third-order valence-corrected chi connectivity index (χ3v) is 6.86. The van der Waals surface area contributed by atoms with E-state index < -0.39 is 10.0 Å². The Morgan fingerprint density at radius 3 is 2.31 bits per heavy atom. The second-order valence-electron chi connectivity index (χ2n) is 8.56. The third kappa shape index (κ3) is 4.78. The summed E-state index contributed by atoms with van der Waals surface area (Å²) in [5, 5.41) is 4.04. The Labute approximate surface area is 210 Å². The van der Waals surface area contributed by atoms with Gasteiger partial charge in [-0.1, -0.05) is 23.8 Å². The second kappa shape index (κ2) is 9.16. The number of nitrogens with zero attached hydrogens (tertiary/aromatic N) is 3. The Morgan fingerprint density at radius 1 is 0.943 bits per heavy atom. The fraction of sp³-hybridized carbons (Fsp3) is 0.154. The first kappa shape index (κ1) is 23.1. The maximum atomic E-state index is 11.6. The lowest BCUT2D eigenvalue weighted by Gasteiger charge is -2.29. The van der Waals surface area contributed by atoms with Crippen LogP contribution in [0.3, 0.4) is 0 Å². The molecule has 4 aromatic rings. The second-order valence-corrected chi connectivity index (χ2v) is 10.7. The van der Waals surface area contributed by atoms with Gasteiger partial charge in [0, 0.05) is 35.1 Å². The van der Waals surface area contributed by atoms with Gasteiger partial charge in [-0.05, 0) is 79.8 Å². The number of anilines is 2. The number of nitrogens with one attached hydrogen (secondary N) is 2. The van der Waals surface area contributed by atoms with Crippen molar-refractivity contribution in [2.24, 2.45) is 0 Å². The average Bonchev–Trinajstić information content (AvgIpc) is 3.44. The molecule has 2 aromatic heterocycles. The van der Waals surface area contributed by atoms with Crippen LogP contribution in [0.25, 0.3) is 5.69 Å². The molecule has 1 aliphatic rings. The topological polar surface area (TPSA) is 79.3 Å². The summed E-state index contributed by atoms with van der Waals surface area (Å²) in [5.74, 6) is 0. The minimum absolute atomic E-state index is 0.184. The molecule has 7 nitrogen and oxygen atoms in total. The Hall–Kier alpha value is -3.69. The summed E-state index contributed by atoms with van der Waals surface area (Å²) in [4.78, 5) is 6.69. The average molecular weight is 504 g/mol. The highest BCUT2D eigenvalue weighted by Crippen LogP contribution is 2.42. The molecule has 0 bridgehead atoms. The quantitative estimate of drug-likeness (QED) is 0.371. The predicted octanol–water partition coefficient (Wildman–Crippen LogP) is 4.73. The van der Waals surface area contributed by atoms with Crippen LogP contribution in [0.15, 0.2) is 91.3 Å². The van der Waals surface area contributed by atoms with E-state index >= 15 is 0 Å². The van der Waals surface area contributed by atoms with Crippen LogP contribution in [-0.4, -0.2) is 29.3 Å². The van der Waals surface area contributed by atoms with E-state index in [0.717, 1.165) is 29.0 Å². The molecule has 0 aliphatic carbocycles. The lowest BCUT2D eigenvalue weighted by molar-refractivity contribution is 0.549. The van der Waals surface area contributed by atoms with Crippen molar-refractivity contribution in [3.8, 4) is 5.69 Å². The van der Waals surface area contributed by atoms with Crippen LogP contribution in [0.1, 0.15) is 29.0 Å². The van der Waals surface area contributed by atoms with Crippen molar-refractivity contribution in [1.29, 1.82) is 0 Å². The maximum absolute atomic E-state index is 11.6. The molecule has 3 heterocycles. The maximum Gasteiger partial charge on any atom is 0.229 e. The molecule has 0 spiro atoms. The van der Waals surface area contributed by atoms with E-state index in [4.69, 9.17) is 12.2 Å².